The average molecular weight is 509 g/mol. The van der Waals surface area contributed by atoms with Gasteiger partial charge in [-0.05, 0) is 61.0 Å². The Balaban J connectivity index is 1.07. The van der Waals surface area contributed by atoms with Crippen molar-refractivity contribution in [3.8, 4) is 5.75 Å². The summed E-state index contributed by atoms with van der Waals surface area (Å²) in [6.45, 7) is 5.85. The van der Waals surface area contributed by atoms with Gasteiger partial charge in [0.1, 0.15) is 5.75 Å². The van der Waals surface area contributed by atoms with Gasteiger partial charge in [0, 0.05) is 61.5 Å². The summed E-state index contributed by atoms with van der Waals surface area (Å²) >= 11 is 1.80. The van der Waals surface area contributed by atoms with E-state index in [1.54, 1.807) is 17.4 Å². The number of unbranched alkanes of at least 4 members (excludes halogenated alkanes) is 1. The number of piperazine rings is 1. The number of aryl methyl sites for hydroxylation is 1. The smallest absolute Gasteiger partial charge is 0.426 e. The SMILES string of the molecule is CN(C(=O)O)N1C(=O)CCc2ccc(OCCCCN3CCN(c4cccc5sccc45)CC3)cc21. The number of thiophene rings is 1. The van der Waals surface area contributed by atoms with Crippen molar-refractivity contribution in [1.29, 1.82) is 0 Å². The lowest BCUT2D eigenvalue weighted by Crippen LogP contribution is -2.49. The molecule has 190 valence electrons. The summed E-state index contributed by atoms with van der Waals surface area (Å²) in [6, 6.07) is 14.4. The van der Waals surface area contributed by atoms with Crippen LogP contribution in [-0.2, 0) is 11.2 Å². The second-order valence-electron chi connectivity index (χ2n) is 9.30. The van der Waals surface area contributed by atoms with E-state index in [-0.39, 0.29) is 5.91 Å². The van der Waals surface area contributed by atoms with Crippen molar-refractivity contribution in [3.05, 3.63) is 53.4 Å². The topological polar surface area (TPSA) is 76.6 Å². The Kier molecular flexibility index (Phi) is 7.29. The molecule has 1 fully saturated rings. The number of carbonyl (C=O) groups is 2. The predicted molar refractivity (Wildman–Crippen MR) is 143 cm³/mol. The average Bonchev–Trinajstić information content (AvgIpc) is 3.37. The van der Waals surface area contributed by atoms with Gasteiger partial charge in [-0.3, -0.25) is 9.69 Å². The molecular weight excluding hydrogens is 476 g/mol. The maximum atomic E-state index is 12.4. The molecule has 0 bridgehead atoms. The molecule has 8 nitrogen and oxygen atoms in total. The molecule has 0 saturated carbocycles. The summed E-state index contributed by atoms with van der Waals surface area (Å²) in [4.78, 5) is 28.8. The predicted octanol–water partition coefficient (Wildman–Crippen LogP) is 4.69. The fraction of sp³-hybridized carbons (Fsp3) is 0.407. The Hall–Kier alpha value is -3.30. The number of rotatable bonds is 8. The maximum absolute atomic E-state index is 12.4. The monoisotopic (exact) mass is 508 g/mol. The van der Waals surface area contributed by atoms with Gasteiger partial charge in [-0.2, -0.15) is 0 Å². The van der Waals surface area contributed by atoms with E-state index in [1.807, 2.05) is 12.1 Å². The number of amides is 2. The Morgan fingerprint density at radius 3 is 2.69 bits per heavy atom. The van der Waals surface area contributed by atoms with Crippen LogP contribution in [0.15, 0.2) is 47.8 Å². The Morgan fingerprint density at radius 2 is 1.89 bits per heavy atom. The van der Waals surface area contributed by atoms with Crippen LogP contribution in [-0.4, -0.2) is 73.4 Å². The molecule has 5 rings (SSSR count). The first-order chi connectivity index (χ1) is 17.5. The number of fused-ring (bicyclic) bond motifs is 2. The summed E-state index contributed by atoms with van der Waals surface area (Å²) in [5, 5.41) is 15.0. The van der Waals surface area contributed by atoms with Crippen LogP contribution >= 0.6 is 11.3 Å². The van der Waals surface area contributed by atoms with Crippen molar-refractivity contribution in [1.82, 2.24) is 9.91 Å². The largest absolute Gasteiger partial charge is 0.494 e. The van der Waals surface area contributed by atoms with E-state index in [9.17, 15) is 14.7 Å². The van der Waals surface area contributed by atoms with Gasteiger partial charge in [0.15, 0.2) is 0 Å². The van der Waals surface area contributed by atoms with Gasteiger partial charge in [0.2, 0.25) is 5.91 Å². The third kappa shape index (κ3) is 5.12. The van der Waals surface area contributed by atoms with Crippen LogP contribution in [0.3, 0.4) is 0 Å². The number of hydrazine groups is 1. The molecular formula is C27H32N4O4S. The molecule has 1 aromatic heterocycles. The highest BCUT2D eigenvalue weighted by Gasteiger charge is 2.30. The summed E-state index contributed by atoms with van der Waals surface area (Å²) in [6.07, 6.45) is 1.71. The van der Waals surface area contributed by atoms with Crippen molar-refractivity contribution in [3.63, 3.8) is 0 Å². The van der Waals surface area contributed by atoms with Gasteiger partial charge in [0.25, 0.3) is 0 Å². The van der Waals surface area contributed by atoms with Crippen LogP contribution in [0.4, 0.5) is 16.2 Å². The minimum absolute atomic E-state index is 0.225. The Morgan fingerprint density at radius 1 is 1.06 bits per heavy atom. The highest BCUT2D eigenvalue weighted by atomic mass is 32.1. The molecule has 2 aromatic carbocycles. The standard InChI is InChI=1S/C27H32N4O4S/c1-28(27(33)34)31-24-19-21(9-7-20(24)8-10-26(31)32)35-17-3-2-12-29-13-15-30(16-14-29)23-5-4-6-25-22(23)11-18-36-25/h4-7,9,11,18-19H,2-3,8,10,12-17H2,1H3,(H,33,34). The minimum atomic E-state index is -1.17. The second-order valence-corrected chi connectivity index (χ2v) is 10.2. The highest BCUT2D eigenvalue weighted by molar-refractivity contribution is 7.17. The molecule has 1 saturated heterocycles. The summed E-state index contributed by atoms with van der Waals surface area (Å²) in [5.74, 6) is 0.431. The molecule has 1 N–H and O–H groups in total. The van der Waals surface area contributed by atoms with E-state index in [0.717, 1.165) is 56.1 Å². The number of nitrogens with zero attached hydrogens (tertiary/aromatic N) is 4. The van der Waals surface area contributed by atoms with E-state index < -0.39 is 6.09 Å². The summed E-state index contributed by atoms with van der Waals surface area (Å²) < 4.78 is 7.31. The van der Waals surface area contributed by atoms with Crippen molar-refractivity contribution >= 4 is 44.8 Å². The van der Waals surface area contributed by atoms with Crippen LogP contribution in [0.25, 0.3) is 10.1 Å². The van der Waals surface area contributed by atoms with E-state index in [1.165, 1.54) is 27.8 Å². The zero-order valence-electron chi connectivity index (χ0n) is 20.6. The van der Waals surface area contributed by atoms with Crippen molar-refractivity contribution in [2.24, 2.45) is 0 Å². The van der Waals surface area contributed by atoms with Gasteiger partial charge in [-0.15, -0.1) is 11.3 Å². The Bertz CT molecular complexity index is 1240. The minimum Gasteiger partial charge on any atom is -0.494 e. The number of anilines is 2. The number of carboxylic acid groups (broad SMARTS) is 1. The molecule has 9 heteroatoms. The van der Waals surface area contributed by atoms with Crippen molar-refractivity contribution in [2.75, 3.05) is 56.3 Å². The molecule has 0 spiro atoms. The summed E-state index contributed by atoms with van der Waals surface area (Å²) in [5.41, 5.74) is 2.88. The van der Waals surface area contributed by atoms with Gasteiger partial charge < -0.3 is 14.7 Å². The normalized spacial score (nSPS) is 16.3. The van der Waals surface area contributed by atoms with E-state index in [4.69, 9.17) is 4.74 Å². The summed E-state index contributed by atoms with van der Waals surface area (Å²) in [7, 11) is 1.38. The molecule has 0 radical (unpaired) electrons. The van der Waals surface area contributed by atoms with Crippen LogP contribution < -0.4 is 14.6 Å². The second kappa shape index (κ2) is 10.8. The quantitative estimate of drug-likeness (QED) is 0.445. The molecule has 0 aliphatic carbocycles. The van der Waals surface area contributed by atoms with Gasteiger partial charge in [0.05, 0.1) is 12.3 Å². The number of ether oxygens (including phenoxy) is 1. The molecule has 2 aliphatic heterocycles. The lowest BCUT2D eigenvalue weighted by atomic mass is 10.0. The van der Waals surface area contributed by atoms with Gasteiger partial charge in [-0.1, -0.05) is 12.1 Å². The molecule has 3 heterocycles. The third-order valence-electron chi connectivity index (χ3n) is 7.03. The molecule has 2 aliphatic rings. The fourth-order valence-corrected chi connectivity index (χ4v) is 5.84. The molecule has 0 unspecified atom stereocenters. The number of benzene rings is 2. The fourth-order valence-electron chi connectivity index (χ4n) is 5.03. The molecule has 0 atom stereocenters. The number of carbonyl (C=O) groups excluding carboxylic acids is 1. The van der Waals surface area contributed by atoms with Crippen molar-refractivity contribution < 1.29 is 19.4 Å². The van der Waals surface area contributed by atoms with Gasteiger partial charge >= 0.3 is 6.09 Å². The zero-order chi connectivity index (χ0) is 25.1. The number of hydrogen-bond donors (Lipinski definition) is 1. The lowest BCUT2D eigenvalue weighted by molar-refractivity contribution is -0.121. The van der Waals surface area contributed by atoms with Crippen molar-refractivity contribution in [2.45, 2.75) is 25.7 Å². The highest BCUT2D eigenvalue weighted by Crippen LogP contribution is 2.33. The Labute approximate surface area is 215 Å². The van der Waals surface area contributed by atoms with Crippen LogP contribution in [0, 0.1) is 0 Å². The van der Waals surface area contributed by atoms with E-state index in [0.29, 0.717) is 30.9 Å². The van der Waals surface area contributed by atoms with Crippen LogP contribution in [0.2, 0.25) is 0 Å². The van der Waals surface area contributed by atoms with Crippen LogP contribution in [0.1, 0.15) is 24.8 Å². The van der Waals surface area contributed by atoms with Crippen LogP contribution in [0.5, 0.6) is 5.75 Å². The first-order valence-corrected chi connectivity index (χ1v) is 13.4. The maximum Gasteiger partial charge on any atom is 0.426 e. The first kappa shape index (κ1) is 24.4. The molecule has 2 amide bonds. The number of hydrogen-bond acceptors (Lipinski definition) is 6. The first-order valence-electron chi connectivity index (χ1n) is 12.5. The van der Waals surface area contributed by atoms with Gasteiger partial charge in [-0.25, -0.2) is 14.8 Å². The van der Waals surface area contributed by atoms with E-state index >= 15 is 0 Å². The van der Waals surface area contributed by atoms with E-state index in [2.05, 4.69) is 39.4 Å². The lowest BCUT2D eigenvalue weighted by Gasteiger charge is -2.36. The third-order valence-corrected chi connectivity index (χ3v) is 7.91. The zero-order valence-corrected chi connectivity index (χ0v) is 21.4. The molecule has 36 heavy (non-hydrogen) atoms. The molecule has 3 aromatic rings.